The molecule has 0 saturated carbocycles. The van der Waals surface area contributed by atoms with Gasteiger partial charge in [-0.1, -0.05) is 37.0 Å². The average molecular weight is 189 g/mol. The van der Waals surface area contributed by atoms with Crippen LogP contribution in [-0.2, 0) is 0 Å². The van der Waals surface area contributed by atoms with E-state index in [0.29, 0.717) is 5.25 Å². The summed E-state index contributed by atoms with van der Waals surface area (Å²) in [4.78, 5) is 1.95. The van der Waals surface area contributed by atoms with Crippen LogP contribution in [0.3, 0.4) is 0 Å². The van der Waals surface area contributed by atoms with Crippen molar-refractivity contribution >= 4 is 28.3 Å². The van der Waals surface area contributed by atoms with Crippen LogP contribution in [0.15, 0.2) is 12.7 Å². The van der Waals surface area contributed by atoms with E-state index in [4.69, 9.17) is 12.2 Å². The molecule has 0 N–H and O–H groups in total. The third-order valence-electron chi connectivity index (χ3n) is 1.28. The van der Waals surface area contributed by atoms with E-state index < -0.39 is 0 Å². The van der Waals surface area contributed by atoms with Crippen LogP contribution in [0, 0.1) is 0 Å². The fraction of sp³-hybridized carbons (Fsp3) is 0.625. The van der Waals surface area contributed by atoms with E-state index in [9.17, 15) is 0 Å². The molecule has 1 atom stereocenters. The molecule has 0 fully saturated rings. The highest BCUT2D eigenvalue weighted by Crippen LogP contribution is 2.18. The first kappa shape index (κ1) is 11.0. The lowest BCUT2D eigenvalue weighted by atomic mass is 10.3. The summed E-state index contributed by atoms with van der Waals surface area (Å²) in [5, 5.41) is 0.463. The van der Waals surface area contributed by atoms with Crippen molar-refractivity contribution in [2.45, 2.75) is 18.6 Å². The van der Waals surface area contributed by atoms with Crippen LogP contribution in [-0.4, -0.2) is 28.6 Å². The van der Waals surface area contributed by atoms with Gasteiger partial charge in [-0.2, -0.15) is 0 Å². The molecule has 0 aliphatic rings. The largest absolute Gasteiger partial charge is 0.364 e. The maximum absolute atomic E-state index is 5.13. The molecule has 1 unspecified atom stereocenters. The van der Waals surface area contributed by atoms with Crippen molar-refractivity contribution in [3.63, 3.8) is 0 Å². The third-order valence-corrected chi connectivity index (χ3v) is 3.33. The Balaban J connectivity index is 3.81. The fourth-order valence-electron chi connectivity index (χ4n) is 0.533. The summed E-state index contributed by atoms with van der Waals surface area (Å²) in [5.41, 5.74) is 0. The van der Waals surface area contributed by atoms with Gasteiger partial charge in [-0.3, -0.25) is 0 Å². The van der Waals surface area contributed by atoms with Crippen LogP contribution in [0.5, 0.6) is 0 Å². The van der Waals surface area contributed by atoms with Gasteiger partial charge in [0.25, 0.3) is 0 Å². The standard InChI is InChI=1S/C8H15NS2/c1-5-7(6-2)11-8(10)9(3)4/h5,7H,1,6H2,2-4H3. The Hall–Kier alpha value is -0.0200. The SMILES string of the molecule is C=CC(CC)SC(=S)N(C)C. The molecule has 0 rings (SSSR count). The third kappa shape index (κ3) is 4.43. The van der Waals surface area contributed by atoms with Crippen LogP contribution in [0.2, 0.25) is 0 Å². The van der Waals surface area contributed by atoms with Crippen molar-refractivity contribution in [3.8, 4) is 0 Å². The van der Waals surface area contributed by atoms with Gasteiger partial charge in [-0.05, 0) is 6.42 Å². The normalized spacial score (nSPS) is 12.3. The molecule has 64 valence electrons. The minimum absolute atomic E-state index is 0.463. The Kier molecular flexibility index (Phi) is 5.60. The first-order valence-corrected chi connectivity index (χ1v) is 4.91. The molecule has 0 aromatic heterocycles. The lowest BCUT2D eigenvalue weighted by Gasteiger charge is -2.16. The van der Waals surface area contributed by atoms with E-state index in [1.54, 1.807) is 11.8 Å². The van der Waals surface area contributed by atoms with Gasteiger partial charge in [0.2, 0.25) is 0 Å². The van der Waals surface area contributed by atoms with E-state index >= 15 is 0 Å². The number of thioether (sulfide) groups is 1. The molecule has 1 nitrogen and oxygen atoms in total. The topological polar surface area (TPSA) is 3.24 Å². The number of hydrogen-bond acceptors (Lipinski definition) is 2. The molecule has 0 amide bonds. The highest BCUT2D eigenvalue weighted by Gasteiger charge is 2.06. The summed E-state index contributed by atoms with van der Waals surface area (Å²) in [6.07, 6.45) is 3.03. The zero-order valence-electron chi connectivity index (χ0n) is 7.33. The molecule has 0 bridgehead atoms. The highest BCUT2D eigenvalue weighted by molar-refractivity contribution is 8.23. The molecule has 0 radical (unpaired) electrons. The molecule has 0 heterocycles. The van der Waals surface area contributed by atoms with Crippen LogP contribution >= 0.6 is 24.0 Å². The van der Waals surface area contributed by atoms with Gasteiger partial charge in [-0.25, -0.2) is 0 Å². The van der Waals surface area contributed by atoms with E-state index in [1.807, 2.05) is 25.1 Å². The highest BCUT2D eigenvalue weighted by atomic mass is 32.2. The summed E-state index contributed by atoms with van der Waals surface area (Å²) in [5.74, 6) is 0. The van der Waals surface area contributed by atoms with Gasteiger partial charge in [0.05, 0.1) is 0 Å². The maximum Gasteiger partial charge on any atom is 0.136 e. The van der Waals surface area contributed by atoms with Crippen molar-refractivity contribution in [3.05, 3.63) is 12.7 Å². The average Bonchev–Trinajstić information content (AvgIpc) is 1.99. The van der Waals surface area contributed by atoms with Crippen molar-refractivity contribution in [1.29, 1.82) is 0 Å². The number of thiocarbonyl (C=S) groups is 1. The van der Waals surface area contributed by atoms with Crippen LogP contribution in [0.1, 0.15) is 13.3 Å². The zero-order valence-corrected chi connectivity index (χ0v) is 8.97. The first-order valence-electron chi connectivity index (χ1n) is 3.62. The van der Waals surface area contributed by atoms with E-state index in [2.05, 4.69) is 13.5 Å². The molecule has 0 aliphatic carbocycles. The van der Waals surface area contributed by atoms with Gasteiger partial charge in [0.1, 0.15) is 4.32 Å². The number of hydrogen-bond donors (Lipinski definition) is 0. The summed E-state index contributed by atoms with van der Waals surface area (Å²) in [7, 11) is 3.93. The van der Waals surface area contributed by atoms with Gasteiger partial charge in [0, 0.05) is 19.3 Å². The molecule has 0 spiro atoms. The summed E-state index contributed by atoms with van der Waals surface area (Å²) >= 11 is 6.82. The first-order chi connectivity index (χ1) is 5.11. The molecule has 0 aliphatic heterocycles. The van der Waals surface area contributed by atoms with Crippen molar-refractivity contribution < 1.29 is 0 Å². The quantitative estimate of drug-likeness (QED) is 0.496. The summed E-state index contributed by atoms with van der Waals surface area (Å²) in [6, 6.07) is 0. The van der Waals surface area contributed by atoms with Gasteiger partial charge < -0.3 is 4.90 Å². The van der Waals surface area contributed by atoms with Gasteiger partial charge >= 0.3 is 0 Å². The molecule has 0 aromatic carbocycles. The Bertz CT molecular complexity index is 143. The predicted octanol–water partition coefficient (Wildman–Crippen LogP) is 2.53. The van der Waals surface area contributed by atoms with Crippen molar-refractivity contribution in [2.24, 2.45) is 0 Å². The smallest absolute Gasteiger partial charge is 0.136 e. The molecule has 0 aromatic rings. The minimum atomic E-state index is 0.463. The summed E-state index contributed by atoms with van der Waals surface area (Å²) in [6.45, 7) is 5.88. The Labute approximate surface area is 78.8 Å². The van der Waals surface area contributed by atoms with Crippen LogP contribution in [0.25, 0.3) is 0 Å². The summed E-state index contributed by atoms with van der Waals surface area (Å²) < 4.78 is 0.928. The molecule has 3 heteroatoms. The Morgan fingerprint density at radius 3 is 2.55 bits per heavy atom. The predicted molar refractivity (Wildman–Crippen MR) is 58.2 cm³/mol. The second kappa shape index (κ2) is 5.61. The fourth-order valence-corrected chi connectivity index (χ4v) is 1.64. The molecule has 0 saturated heterocycles. The Morgan fingerprint density at radius 1 is 1.73 bits per heavy atom. The van der Waals surface area contributed by atoms with Crippen LogP contribution in [0.4, 0.5) is 0 Å². The van der Waals surface area contributed by atoms with Crippen LogP contribution < -0.4 is 0 Å². The van der Waals surface area contributed by atoms with Gasteiger partial charge in [-0.15, -0.1) is 6.58 Å². The monoisotopic (exact) mass is 189 g/mol. The lowest BCUT2D eigenvalue weighted by molar-refractivity contribution is 0.647. The van der Waals surface area contributed by atoms with Crippen molar-refractivity contribution in [1.82, 2.24) is 4.90 Å². The van der Waals surface area contributed by atoms with Crippen molar-refractivity contribution in [2.75, 3.05) is 14.1 Å². The van der Waals surface area contributed by atoms with E-state index in [0.717, 1.165) is 10.7 Å². The lowest BCUT2D eigenvalue weighted by Crippen LogP contribution is -2.18. The second-order valence-corrected chi connectivity index (χ2v) is 4.33. The molecular formula is C8H15NS2. The second-order valence-electron chi connectivity index (χ2n) is 2.46. The minimum Gasteiger partial charge on any atom is -0.364 e. The number of rotatable bonds is 3. The van der Waals surface area contributed by atoms with E-state index in [1.165, 1.54) is 0 Å². The molecular weight excluding hydrogens is 174 g/mol. The zero-order chi connectivity index (χ0) is 8.85. The van der Waals surface area contributed by atoms with Gasteiger partial charge in [0.15, 0.2) is 0 Å². The maximum atomic E-state index is 5.13. The number of nitrogens with zero attached hydrogens (tertiary/aromatic N) is 1. The Morgan fingerprint density at radius 2 is 2.27 bits per heavy atom. The van der Waals surface area contributed by atoms with E-state index in [-0.39, 0.29) is 0 Å². The molecule has 11 heavy (non-hydrogen) atoms.